The Morgan fingerprint density at radius 1 is 1.06 bits per heavy atom. The molecule has 2 aromatic rings. The number of anilines is 1. The number of carbonyl (C=O) groups excluding carboxylic acids is 3. The van der Waals surface area contributed by atoms with Gasteiger partial charge in [-0.1, -0.05) is 30.3 Å². The van der Waals surface area contributed by atoms with Crippen molar-refractivity contribution in [3.05, 3.63) is 75.0 Å². The van der Waals surface area contributed by atoms with Crippen molar-refractivity contribution in [1.82, 2.24) is 0 Å². The van der Waals surface area contributed by atoms with Crippen LogP contribution in [0.15, 0.2) is 53.4 Å². The summed E-state index contributed by atoms with van der Waals surface area (Å²) in [5, 5.41) is 20.2. The van der Waals surface area contributed by atoms with Gasteiger partial charge in [-0.3, -0.25) is 15.1 Å². The van der Waals surface area contributed by atoms with E-state index >= 15 is 0 Å². The molecule has 0 spiro atoms. The second-order valence-electron chi connectivity index (χ2n) is 8.00. The van der Waals surface area contributed by atoms with Crippen LogP contribution in [0.4, 0.5) is 5.00 Å². The fourth-order valence-electron chi connectivity index (χ4n) is 4.25. The molecule has 8 nitrogen and oxygen atoms in total. The molecule has 1 aromatic heterocycles. The topological polar surface area (TPSA) is 117 Å². The number of rotatable bonds is 7. The van der Waals surface area contributed by atoms with Crippen LogP contribution in [0.25, 0.3) is 0 Å². The van der Waals surface area contributed by atoms with E-state index in [1.807, 2.05) is 0 Å². The fourth-order valence-corrected chi connectivity index (χ4v) is 5.65. The average molecular weight is 495 g/mol. The fraction of sp³-hybridized carbons (Fsp3) is 0.308. The molecule has 2 heterocycles. The highest BCUT2D eigenvalue weighted by Gasteiger charge is 2.42. The third kappa shape index (κ3) is 4.51. The highest BCUT2D eigenvalue weighted by atomic mass is 32.1. The summed E-state index contributed by atoms with van der Waals surface area (Å²) in [6.45, 7) is 3.55. The van der Waals surface area contributed by atoms with Crippen LogP contribution in [-0.2, 0) is 27.1 Å². The summed E-state index contributed by atoms with van der Waals surface area (Å²) in [4.78, 5) is 41.0. The number of ether oxygens (including phenoxy) is 2. The van der Waals surface area contributed by atoms with Crippen molar-refractivity contribution in [3.63, 3.8) is 0 Å². The van der Waals surface area contributed by atoms with Gasteiger partial charge in [0.1, 0.15) is 16.4 Å². The van der Waals surface area contributed by atoms with Crippen LogP contribution >= 0.6 is 11.3 Å². The quantitative estimate of drug-likeness (QED) is 0.324. The summed E-state index contributed by atoms with van der Waals surface area (Å²) in [6.07, 6.45) is 4.53. The van der Waals surface area contributed by atoms with E-state index < -0.39 is 23.5 Å². The number of esters is 2. The number of nitrogens with zero attached hydrogens (tertiary/aromatic N) is 1. The molecule has 0 amide bonds. The van der Waals surface area contributed by atoms with Gasteiger partial charge in [0, 0.05) is 16.5 Å². The van der Waals surface area contributed by atoms with E-state index in [4.69, 9.17) is 14.9 Å². The Labute approximate surface area is 207 Å². The molecule has 2 N–H and O–H groups in total. The van der Waals surface area contributed by atoms with Crippen LogP contribution in [0.3, 0.4) is 0 Å². The van der Waals surface area contributed by atoms with Gasteiger partial charge >= 0.3 is 11.9 Å². The molecule has 0 fully saturated rings. The number of amidine groups is 1. The van der Waals surface area contributed by atoms with E-state index in [9.17, 15) is 19.5 Å². The number of carbonyl (C=O) groups is 3. The normalized spacial score (nSPS) is 16.5. The molecule has 4 rings (SSSR count). The summed E-state index contributed by atoms with van der Waals surface area (Å²) in [5.74, 6) is -2.74. The molecule has 2 aliphatic rings. The Balaban J connectivity index is 1.90. The standard InChI is InChI=1S/C26H26N2O6S/c1-3-33-25(31)20-16-12-8-9-13-19(16)35-24(20)28-17(14-18(29)15-10-6-5-7-11-15)22(30)21(23(28)27)26(32)34-4-2/h5-7,10-11,14,27,30H,3-4,8-9,12-13H2,1-2H3. The largest absolute Gasteiger partial charge is 0.505 e. The van der Waals surface area contributed by atoms with E-state index in [0.29, 0.717) is 22.5 Å². The number of ketones is 1. The van der Waals surface area contributed by atoms with Crippen LogP contribution in [0.1, 0.15) is 57.8 Å². The van der Waals surface area contributed by atoms with Crippen LogP contribution in [0.5, 0.6) is 0 Å². The molecule has 1 aromatic carbocycles. The van der Waals surface area contributed by atoms with Gasteiger partial charge < -0.3 is 14.6 Å². The van der Waals surface area contributed by atoms with Gasteiger partial charge in [-0.15, -0.1) is 11.3 Å². The zero-order valence-electron chi connectivity index (χ0n) is 19.6. The number of benzene rings is 1. The lowest BCUT2D eigenvalue weighted by Gasteiger charge is -2.21. The number of fused-ring (bicyclic) bond motifs is 1. The van der Waals surface area contributed by atoms with Crippen molar-refractivity contribution in [3.8, 4) is 0 Å². The van der Waals surface area contributed by atoms with Crippen LogP contribution < -0.4 is 4.90 Å². The van der Waals surface area contributed by atoms with Gasteiger partial charge in [0.05, 0.1) is 24.5 Å². The number of aliphatic hydroxyl groups excluding tert-OH is 1. The zero-order valence-corrected chi connectivity index (χ0v) is 20.4. The van der Waals surface area contributed by atoms with E-state index in [-0.39, 0.29) is 30.3 Å². The Bertz CT molecular complexity index is 1260. The van der Waals surface area contributed by atoms with Crippen molar-refractivity contribution >= 4 is 39.9 Å². The van der Waals surface area contributed by atoms with Gasteiger partial charge in [0.15, 0.2) is 11.5 Å². The lowest BCUT2D eigenvalue weighted by Crippen LogP contribution is -2.29. The first-order valence-electron chi connectivity index (χ1n) is 11.5. The number of hydrogen-bond acceptors (Lipinski definition) is 8. The second kappa shape index (κ2) is 10.3. The van der Waals surface area contributed by atoms with Gasteiger partial charge in [0.25, 0.3) is 0 Å². The molecular formula is C26H26N2O6S. The number of allylic oxidation sites excluding steroid dienone is 1. The Kier molecular flexibility index (Phi) is 7.16. The minimum atomic E-state index is -0.880. The Hall–Kier alpha value is -3.72. The molecule has 0 saturated heterocycles. The number of hydrogen-bond donors (Lipinski definition) is 2. The summed E-state index contributed by atoms with van der Waals surface area (Å²) in [6, 6.07) is 8.47. The smallest absolute Gasteiger partial charge is 0.345 e. The van der Waals surface area contributed by atoms with Crippen molar-refractivity contribution in [2.24, 2.45) is 0 Å². The molecule has 0 atom stereocenters. The van der Waals surface area contributed by atoms with Gasteiger partial charge in [-0.2, -0.15) is 0 Å². The van der Waals surface area contributed by atoms with Crippen molar-refractivity contribution in [2.75, 3.05) is 18.1 Å². The summed E-state index contributed by atoms with van der Waals surface area (Å²) in [7, 11) is 0. The third-order valence-electron chi connectivity index (χ3n) is 5.82. The van der Waals surface area contributed by atoms with Crippen molar-refractivity contribution < 1.29 is 29.0 Å². The number of thiophene rings is 1. The first kappa shape index (κ1) is 24.4. The SMILES string of the molecule is CCOC(=O)C1=C(O)C(=CC(=O)c2ccccc2)N(c2sc3c(c2C(=O)OCC)CCCC3)C1=N. The summed E-state index contributed by atoms with van der Waals surface area (Å²) < 4.78 is 10.4. The minimum Gasteiger partial charge on any atom is -0.505 e. The second-order valence-corrected chi connectivity index (χ2v) is 9.08. The van der Waals surface area contributed by atoms with Gasteiger partial charge in [-0.25, -0.2) is 9.59 Å². The Morgan fingerprint density at radius 2 is 1.71 bits per heavy atom. The lowest BCUT2D eigenvalue weighted by molar-refractivity contribution is -0.138. The highest BCUT2D eigenvalue weighted by Crippen LogP contribution is 2.45. The molecular weight excluding hydrogens is 468 g/mol. The van der Waals surface area contributed by atoms with Gasteiger partial charge in [0.2, 0.25) is 0 Å². The molecule has 0 radical (unpaired) electrons. The van der Waals surface area contributed by atoms with E-state index in [0.717, 1.165) is 29.7 Å². The first-order valence-corrected chi connectivity index (χ1v) is 12.3. The Morgan fingerprint density at radius 3 is 2.40 bits per heavy atom. The highest BCUT2D eigenvalue weighted by molar-refractivity contribution is 7.17. The van der Waals surface area contributed by atoms with E-state index in [1.54, 1.807) is 44.2 Å². The third-order valence-corrected chi connectivity index (χ3v) is 7.10. The zero-order chi connectivity index (χ0) is 25.1. The molecule has 35 heavy (non-hydrogen) atoms. The summed E-state index contributed by atoms with van der Waals surface area (Å²) >= 11 is 1.32. The molecule has 0 bridgehead atoms. The first-order chi connectivity index (χ1) is 16.9. The molecule has 9 heteroatoms. The van der Waals surface area contributed by atoms with Crippen molar-refractivity contribution in [2.45, 2.75) is 39.5 Å². The van der Waals surface area contributed by atoms with Gasteiger partial charge in [-0.05, 0) is 45.1 Å². The van der Waals surface area contributed by atoms with Crippen LogP contribution in [-0.4, -0.2) is 41.9 Å². The maximum Gasteiger partial charge on any atom is 0.345 e. The predicted molar refractivity (Wildman–Crippen MR) is 132 cm³/mol. The maximum atomic E-state index is 13.0. The van der Waals surface area contributed by atoms with Crippen LogP contribution in [0.2, 0.25) is 0 Å². The number of aliphatic hydroxyl groups is 1. The van der Waals surface area contributed by atoms with E-state index in [2.05, 4.69) is 0 Å². The summed E-state index contributed by atoms with van der Waals surface area (Å²) in [5.41, 5.74) is 1.13. The maximum absolute atomic E-state index is 13.0. The predicted octanol–water partition coefficient (Wildman–Crippen LogP) is 4.74. The molecule has 1 aliphatic carbocycles. The minimum absolute atomic E-state index is 0.0479. The lowest BCUT2D eigenvalue weighted by atomic mass is 9.95. The van der Waals surface area contributed by atoms with Crippen LogP contribution in [0, 0.1) is 5.41 Å². The van der Waals surface area contributed by atoms with E-state index in [1.165, 1.54) is 22.3 Å². The molecule has 0 saturated carbocycles. The molecule has 182 valence electrons. The number of aryl methyl sites for hydroxylation is 1. The van der Waals surface area contributed by atoms with Crippen molar-refractivity contribution in [1.29, 1.82) is 5.41 Å². The molecule has 0 unspecified atom stereocenters. The molecule has 1 aliphatic heterocycles. The average Bonchev–Trinajstić information content (AvgIpc) is 3.34. The number of nitrogens with one attached hydrogen (secondary N) is 1. The monoisotopic (exact) mass is 494 g/mol.